The summed E-state index contributed by atoms with van der Waals surface area (Å²) in [6.45, 7) is 1.76. The zero-order valence-corrected chi connectivity index (χ0v) is 9.99. The van der Waals surface area contributed by atoms with E-state index in [0.717, 1.165) is 0 Å². The van der Waals surface area contributed by atoms with Gasteiger partial charge in [-0.15, -0.1) is 0 Å². The first-order chi connectivity index (χ1) is 7.95. The normalized spacial score (nSPS) is 11.9. The van der Waals surface area contributed by atoms with Gasteiger partial charge in [0.15, 0.2) is 0 Å². The van der Waals surface area contributed by atoms with E-state index in [4.69, 9.17) is 22.4 Å². The van der Waals surface area contributed by atoms with E-state index in [9.17, 15) is 9.59 Å². The summed E-state index contributed by atoms with van der Waals surface area (Å²) in [4.78, 5) is 22.5. The minimum Gasteiger partial charge on any atom is -0.478 e. The predicted octanol–water partition coefficient (Wildman–Crippen LogP) is 1.71. The second-order valence-electron chi connectivity index (χ2n) is 3.50. The first-order valence-electron chi connectivity index (χ1n) is 5.05. The molecule has 92 valence electrons. The van der Waals surface area contributed by atoms with Crippen molar-refractivity contribution in [1.29, 1.82) is 0 Å². The summed E-state index contributed by atoms with van der Waals surface area (Å²) >= 11 is 5.74. The molecule has 5 nitrogen and oxygen atoms in total. The summed E-state index contributed by atoms with van der Waals surface area (Å²) in [5.74, 6) is -1.57. The number of hydrogen-bond donors (Lipinski definition) is 3. The molecule has 0 spiro atoms. The molecule has 0 radical (unpaired) electrons. The maximum absolute atomic E-state index is 11.6. The van der Waals surface area contributed by atoms with Crippen LogP contribution in [0.25, 0.3) is 0 Å². The fourth-order valence-corrected chi connectivity index (χ4v) is 1.39. The minimum atomic E-state index is -1.14. The van der Waals surface area contributed by atoms with Crippen molar-refractivity contribution >= 4 is 29.2 Å². The quantitative estimate of drug-likeness (QED) is 0.765. The topological polar surface area (TPSA) is 92.4 Å². The van der Waals surface area contributed by atoms with Gasteiger partial charge in [0.05, 0.1) is 17.3 Å². The molecule has 0 aliphatic rings. The van der Waals surface area contributed by atoms with Crippen LogP contribution in [0, 0.1) is 0 Å². The van der Waals surface area contributed by atoms with Crippen LogP contribution in [0.15, 0.2) is 18.2 Å². The van der Waals surface area contributed by atoms with E-state index < -0.39 is 17.9 Å². The van der Waals surface area contributed by atoms with Gasteiger partial charge in [0.25, 0.3) is 0 Å². The summed E-state index contributed by atoms with van der Waals surface area (Å²) in [6, 6.07) is 3.49. The fraction of sp³-hybridized carbons (Fsp3) is 0.273. The lowest BCUT2D eigenvalue weighted by Crippen LogP contribution is -2.35. The Morgan fingerprint density at radius 1 is 1.53 bits per heavy atom. The lowest BCUT2D eigenvalue weighted by atomic mass is 10.1. The number of rotatable bonds is 4. The largest absolute Gasteiger partial charge is 0.478 e. The van der Waals surface area contributed by atoms with Gasteiger partial charge >= 0.3 is 5.97 Å². The van der Waals surface area contributed by atoms with Gasteiger partial charge in [0, 0.05) is 5.02 Å². The minimum absolute atomic E-state index is 0.0222. The molecule has 1 atom stereocenters. The molecule has 1 aromatic rings. The van der Waals surface area contributed by atoms with E-state index in [1.807, 2.05) is 0 Å². The van der Waals surface area contributed by atoms with E-state index in [1.165, 1.54) is 18.2 Å². The second-order valence-corrected chi connectivity index (χ2v) is 3.94. The highest BCUT2D eigenvalue weighted by atomic mass is 35.5. The zero-order valence-electron chi connectivity index (χ0n) is 9.24. The summed E-state index contributed by atoms with van der Waals surface area (Å²) in [6.07, 6.45) is 0.467. The van der Waals surface area contributed by atoms with Crippen LogP contribution in [-0.2, 0) is 4.79 Å². The van der Waals surface area contributed by atoms with Gasteiger partial charge in [0.2, 0.25) is 5.91 Å². The Kier molecular flexibility index (Phi) is 4.48. The van der Waals surface area contributed by atoms with Crippen molar-refractivity contribution in [1.82, 2.24) is 0 Å². The number of carboxylic acids is 1. The van der Waals surface area contributed by atoms with Gasteiger partial charge in [-0.2, -0.15) is 0 Å². The van der Waals surface area contributed by atoms with Gasteiger partial charge in [-0.25, -0.2) is 4.79 Å². The Morgan fingerprint density at radius 2 is 2.18 bits per heavy atom. The molecule has 6 heteroatoms. The third kappa shape index (κ3) is 3.44. The maximum atomic E-state index is 11.6. The smallest absolute Gasteiger partial charge is 0.337 e. The van der Waals surface area contributed by atoms with E-state index >= 15 is 0 Å². The third-order valence-corrected chi connectivity index (χ3v) is 2.48. The second kappa shape index (κ2) is 5.65. The van der Waals surface area contributed by atoms with Crippen molar-refractivity contribution in [3.63, 3.8) is 0 Å². The Bertz CT molecular complexity index is 448. The molecule has 1 aromatic carbocycles. The molecule has 0 saturated heterocycles. The summed E-state index contributed by atoms with van der Waals surface area (Å²) < 4.78 is 0. The number of nitrogens with one attached hydrogen (secondary N) is 1. The lowest BCUT2D eigenvalue weighted by molar-refractivity contribution is -0.117. The number of amides is 1. The molecular formula is C11H13ClN2O3. The van der Waals surface area contributed by atoms with Crippen molar-refractivity contribution in [2.24, 2.45) is 5.73 Å². The highest BCUT2D eigenvalue weighted by Gasteiger charge is 2.16. The van der Waals surface area contributed by atoms with Crippen LogP contribution in [-0.4, -0.2) is 23.0 Å². The van der Waals surface area contributed by atoms with Gasteiger partial charge in [0.1, 0.15) is 0 Å². The summed E-state index contributed by atoms with van der Waals surface area (Å²) in [5.41, 5.74) is 5.67. The van der Waals surface area contributed by atoms with Crippen molar-refractivity contribution in [3.8, 4) is 0 Å². The molecule has 0 saturated carbocycles. The lowest BCUT2D eigenvalue weighted by Gasteiger charge is -2.12. The predicted molar refractivity (Wildman–Crippen MR) is 65.3 cm³/mol. The molecule has 1 rings (SSSR count). The van der Waals surface area contributed by atoms with Crippen LogP contribution < -0.4 is 11.1 Å². The van der Waals surface area contributed by atoms with Crippen LogP contribution in [0.4, 0.5) is 5.69 Å². The number of aromatic carboxylic acids is 1. The first kappa shape index (κ1) is 13.5. The first-order valence-corrected chi connectivity index (χ1v) is 5.42. The van der Waals surface area contributed by atoms with Gasteiger partial charge in [-0.05, 0) is 24.6 Å². The number of carbonyl (C=O) groups is 2. The van der Waals surface area contributed by atoms with E-state index in [-0.39, 0.29) is 11.3 Å². The fourth-order valence-electron chi connectivity index (χ4n) is 1.22. The SMILES string of the molecule is CCC(N)C(=O)Nc1cc(Cl)ccc1C(=O)O. The van der Waals surface area contributed by atoms with Crippen LogP contribution >= 0.6 is 11.6 Å². The molecular weight excluding hydrogens is 244 g/mol. The molecule has 4 N–H and O–H groups in total. The Balaban J connectivity index is 3.00. The molecule has 0 aliphatic heterocycles. The number of anilines is 1. The molecule has 0 aromatic heterocycles. The molecule has 1 amide bonds. The van der Waals surface area contributed by atoms with Crippen molar-refractivity contribution in [2.45, 2.75) is 19.4 Å². The number of benzene rings is 1. The average molecular weight is 257 g/mol. The number of carboxylic acid groups (broad SMARTS) is 1. The molecule has 17 heavy (non-hydrogen) atoms. The van der Waals surface area contributed by atoms with Gasteiger partial charge < -0.3 is 16.2 Å². The van der Waals surface area contributed by atoms with Crippen molar-refractivity contribution in [2.75, 3.05) is 5.32 Å². The standard InChI is InChI=1S/C11H13ClN2O3/c1-2-8(13)10(15)14-9-5-6(12)3-4-7(9)11(16)17/h3-5,8H,2,13H2,1H3,(H,14,15)(H,16,17). The molecule has 0 fully saturated rings. The Morgan fingerprint density at radius 3 is 2.71 bits per heavy atom. The monoisotopic (exact) mass is 256 g/mol. The zero-order chi connectivity index (χ0) is 13.0. The van der Waals surface area contributed by atoms with Gasteiger partial charge in [-0.3, -0.25) is 4.79 Å². The number of nitrogens with two attached hydrogens (primary N) is 1. The van der Waals surface area contributed by atoms with Crippen LogP contribution in [0.1, 0.15) is 23.7 Å². The Hall–Kier alpha value is -1.59. The highest BCUT2D eigenvalue weighted by molar-refractivity contribution is 6.31. The average Bonchev–Trinajstić information content (AvgIpc) is 2.27. The molecule has 0 heterocycles. The number of carbonyl (C=O) groups excluding carboxylic acids is 1. The molecule has 1 unspecified atom stereocenters. The van der Waals surface area contributed by atoms with E-state index in [2.05, 4.69) is 5.32 Å². The maximum Gasteiger partial charge on any atom is 0.337 e. The van der Waals surface area contributed by atoms with Crippen LogP contribution in [0.3, 0.4) is 0 Å². The van der Waals surface area contributed by atoms with Gasteiger partial charge in [-0.1, -0.05) is 18.5 Å². The van der Waals surface area contributed by atoms with Crippen LogP contribution in [0.2, 0.25) is 5.02 Å². The summed E-state index contributed by atoms with van der Waals surface area (Å²) in [7, 11) is 0. The molecule has 0 bridgehead atoms. The van der Waals surface area contributed by atoms with E-state index in [0.29, 0.717) is 11.4 Å². The highest BCUT2D eigenvalue weighted by Crippen LogP contribution is 2.21. The van der Waals surface area contributed by atoms with E-state index in [1.54, 1.807) is 6.92 Å². The number of halogens is 1. The van der Waals surface area contributed by atoms with Crippen molar-refractivity contribution < 1.29 is 14.7 Å². The summed E-state index contributed by atoms with van der Waals surface area (Å²) in [5, 5.41) is 11.7. The van der Waals surface area contributed by atoms with Crippen molar-refractivity contribution in [3.05, 3.63) is 28.8 Å². The number of hydrogen-bond acceptors (Lipinski definition) is 3. The Labute approximate surface area is 104 Å². The molecule has 0 aliphatic carbocycles. The third-order valence-electron chi connectivity index (χ3n) is 2.25. The van der Waals surface area contributed by atoms with Crippen LogP contribution in [0.5, 0.6) is 0 Å².